The molecule has 4 nitrogen and oxygen atoms in total. The standard InChI is InChI=1S/C27H30N4/c1-29(2)24-16-11-21(12-17-24)10-15-23-20-27(22-13-18-25(19-14-22)30(3)4)31(28-23)26-8-6-5-7-9-26/h5-19,27H,20H2,1-4H3/b15-10+. The van der Waals surface area contributed by atoms with Gasteiger partial charge in [0.05, 0.1) is 17.4 Å². The van der Waals surface area contributed by atoms with Crippen LogP contribution < -0.4 is 14.8 Å². The Morgan fingerprint density at radius 3 is 1.90 bits per heavy atom. The topological polar surface area (TPSA) is 22.1 Å². The number of benzene rings is 3. The molecular formula is C27H30N4. The highest BCUT2D eigenvalue weighted by molar-refractivity contribution is 6.01. The minimum Gasteiger partial charge on any atom is -0.378 e. The van der Waals surface area contributed by atoms with Gasteiger partial charge in [0.25, 0.3) is 0 Å². The Labute approximate surface area is 185 Å². The van der Waals surface area contributed by atoms with Gasteiger partial charge < -0.3 is 9.80 Å². The van der Waals surface area contributed by atoms with Crippen LogP contribution in [0.1, 0.15) is 23.6 Å². The van der Waals surface area contributed by atoms with Gasteiger partial charge in [0.2, 0.25) is 0 Å². The third-order valence-corrected chi connectivity index (χ3v) is 5.63. The second-order valence-corrected chi connectivity index (χ2v) is 8.30. The molecule has 158 valence electrons. The minimum absolute atomic E-state index is 0.189. The van der Waals surface area contributed by atoms with E-state index in [0.29, 0.717) is 0 Å². The molecule has 0 fully saturated rings. The summed E-state index contributed by atoms with van der Waals surface area (Å²) >= 11 is 0. The zero-order valence-corrected chi connectivity index (χ0v) is 18.7. The van der Waals surface area contributed by atoms with Crippen molar-refractivity contribution in [2.45, 2.75) is 12.5 Å². The van der Waals surface area contributed by atoms with E-state index >= 15 is 0 Å². The maximum Gasteiger partial charge on any atom is 0.0831 e. The molecule has 0 amide bonds. The molecule has 31 heavy (non-hydrogen) atoms. The molecule has 0 radical (unpaired) electrons. The van der Waals surface area contributed by atoms with Gasteiger partial charge in [0, 0.05) is 46.0 Å². The molecule has 1 aliphatic heterocycles. The van der Waals surface area contributed by atoms with E-state index in [2.05, 4.69) is 128 Å². The number of para-hydroxylation sites is 1. The van der Waals surface area contributed by atoms with E-state index in [4.69, 9.17) is 5.10 Å². The summed E-state index contributed by atoms with van der Waals surface area (Å²) in [6.07, 6.45) is 5.18. The molecule has 0 bridgehead atoms. The van der Waals surface area contributed by atoms with Crippen molar-refractivity contribution >= 4 is 28.8 Å². The van der Waals surface area contributed by atoms with Gasteiger partial charge in [0.15, 0.2) is 0 Å². The molecule has 1 aliphatic rings. The Balaban J connectivity index is 1.59. The van der Waals surface area contributed by atoms with Crippen molar-refractivity contribution in [2.75, 3.05) is 43.0 Å². The van der Waals surface area contributed by atoms with E-state index in [1.165, 1.54) is 22.5 Å². The van der Waals surface area contributed by atoms with Crippen LogP contribution in [0.2, 0.25) is 0 Å². The Morgan fingerprint density at radius 2 is 1.32 bits per heavy atom. The molecule has 1 atom stereocenters. The first-order valence-electron chi connectivity index (χ1n) is 10.7. The quantitative estimate of drug-likeness (QED) is 0.510. The lowest BCUT2D eigenvalue weighted by atomic mass is 10.0. The summed E-state index contributed by atoms with van der Waals surface area (Å²) in [5.74, 6) is 0. The van der Waals surface area contributed by atoms with Crippen LogP contribution in [-0.4, -0.2) is 33.9 Å². The summed E-state index contributed by atoms with van der Waals surface area (Å²) in [5, 5.41) is 7.13. The largest absolute Gasteiger partial charge is 0.378 e. The van der Waals surface area contributed by atoms with Gasteiger partial charge in [-0.15, -0.1) is 0 Å². The maximum absolute atomic E-state index is 4.98. The number of hydrogen-bond acceptors (Lipinski definition) is 4. The van der Waals surface area contributed by atoms with E-state index in [1.54, 1.807) is 0 Å². The van der Waals surface area contributed by atoms with Crippen LogP contribution >= 0.6 is 0 Å². The van der Waals surface area contributed by atoms with Crippen molar-refractivity contribution < 1.29 is 0 Å². The van der Waals surface area contributed by atoms with Crippen molar-refractivity contribution in [3.63, 3.8) is 0 Å². The van der Waals surface area contributed by atoms with Gasteiger partial charge in [-0.3, -0.25) is 5.01 Å². The lowest BCUT2D eigenvalue weighted by molar-refractivity contribution is 0.709. The Hall–Kier alpha value is -3.53. The van der Waals surface area contributed by atoms with Crippen LogP contribution in [0.3, 0.4) is 0 Å². The van der Waals surface area contributed by atoms with Crippen LogP contribution in [0.15, 0.2) is 90.0 Å². The van der Waals surface area contributed by atoms with Crippen molar-refractivity contribution in [1.82, 2.24) is 0 Å². The van der Waals surface area contributed by atoms with Crippen LogP contribution in [-0.2, 0) is 0 Å². The monoisotopic (exact) mass is 410 g/mol. The maximum atomic E-state index is 4.98. The zero-order valence-electron chi connectivity index (χ0n) is 18.7. The molecule has 1 unspecified atom stereocenters. The molecule has 0 aliphatic carbocycles. The molecule has 0 spiro atoms. The average Bonchev–Trinajstić information content (AvgIpc) is 3.23. The SMILES string of the molecule is CN(C)c1ccc(/C=C/C2=NN(c3ccccc3)C(c3ccc(N(C)C)cc3)C2)cc1. The van der Waals surface area contributed by atoms with Crippen LogP contribution in [0, 0.1) is 0 Å². The van der Waals surface area contributed by atoms with Crippen LogP contribution in [0.5, 0.6) is 0 Å². The number of hydrogen-bond donors (Lipinski definition) is 0. The van der Waals surface area contributed by atoms with E-state index in [1.807, 2.05) is 6.07 Å². The number of hydrazone groups is 1. The van der Waals surface area contributed by atoms with Crippen molar-refractivity contribution in [1.29, 1.82) is 0 Å². The third-order valence-electron chi connectivity index (χ3n) is 5.63. The summed E-state index contributed by atoms with van der Waals surface area (Å²) in [7, 11) is 8.25. The highest BCUT2D eigenvalue weighted by Gasteiger charge is 2.28. The summed E-state index contributed by atoms with van der Waals surface area (Å²) < 4.78 is 0. The first kappa shape index (κ1) is 20.7. The second-order valence-electron chi connectivity index (χ2n) is 8.30. The van der Waals surface area contributed by atoms with E-state index in [9.17, 15) is 0 Å². The molecule has 3 aromatic rings. The Kier molecular flexibility index (Phi) is 6.08. The zero-order chi connectivity index (χ0) is 21.8. The van der Waals surface area contributed by atoms with Crippen molar-refractivity contribution in [3.8, 4) is 0 Å². The van der Waals surface area contributed by atoms with E-state index in [0.717, 1.165) is 17.8 Å². The fourth-order valence-corrected chi connectivity index (χ4v) is 3.78. The summed E-state index contributed by atoms with van der Waals surface area (Å²) in [6, 6.07) is 28.0. The van der Waals surface area contributed by atoms with Crippen molar-refractivity contribution in [3.05, 3.63) is 96.1 Å². The smallest absolute Gasteiger partial charge is 0.0831 e. The molecule has 4 rings (SSSR count). The predicted octanol–water partition coefficient (Wildman–Crippen LogP) is 5.84. The van der Waals surface area contributed by atoms with Gasteiger partial charge in [-0.25, -0.2) is 0 Å². The molecular weight excluding hydrogens is 380 g/mol. The summed E-state index contributed by atoms with van der Waals surface area (Å²) in [6.45, 7) is 0. The van der Waals surface area contributed by atoms with Gasteiger partial charge >= 0.3 is 0 Å². The van der Waals surface area contributed by atoms with E-state index in [-0.39, 0.29) is 6.04 Å². The van der Waals surface area contributed by atoms with Crippen molar-refractivity contribution in [2.24, 2.45) is 5.10 Å². The number of rotatable bonds is 6. The second kappa shape index (κ2) is 9.09. The lowest BCUT2D eigenvalue weighted by Gasteiger charge is -2.24. The minimum atomic E-state index is 0.189. The molecule has 0 N–H and O–H groups in total. The molecule has 4 heteroatoms. The molecule has 3 aromatic carbocycles. The number of anilines is 3. The first-order chi connectivity index (χ1) is 15.0. The Bertz CT molecular complexity index is 1050. The first-order valence-corrected chi connectivity index (χ1v) is 10.7. The average molecular weight is 411 g/mol. The van der Waals surface area contributed by atoms with Crippen LogP contribution in [0.4, 0.5) is 17.1 Å². The van der Waals surface area contributed by atoms with Gasteiger partial charge in [0.1, 0.15) is 0 Å². The van der Waals surface area contributed by atoms with Gasteiger partial charge in [-0.1, -0.05) is 48.5 Å². The number of nitrogens with zero attached hydrogens (tertiary/aromatic N) is 4. The summed E-state index contributed by atoms with van der Waals surface area (Å²) in [4.78, 5) is 4.23. The fraction of sp³-hybridized carbons (Fsp3) is 0.222. The Morgan fingerprint density at radius 1 is 0.742 bits per heavy atom. The summed E-state index contributed by atoms with van der Waals surface area (Å²) in [5.41, 5.74) is 7.06. The lowest BCUT2D eigenvalue weighted by Crippen LogP contribution is -2.18. The molecule has 0 saturated carbocycles. The fourth-order valence-electron chi connectivity index (χ4n) is 3.78. The number of allylic oxidation sites excluding steroid dienone is 1. The van der Waals surface area contributed by atoms with E-state index < -0.39 is 0 Å². The molecule has 0 aromatic heterocycles. The highest BCUT2D eigenvalue weighted by atomic mass is 15.5. The van der Waals surface area contributed by atoms with Gasteiger partial charge in [-0.2, -0.15) is 5.10 Å². The third kappa shape index (κ3) is 4.80. The van der Waals surface area contributed by atoms with Crippen LogP contribution in [0.25, 0.3) is 6.08 Å². The normalized spacial score (nSPS) is 15.9. The molecule has 1 heterocycles. The predicted molar refractivity (Wildman–Crippen MR) is 134 cm³/mol. The molecule has 0 saturated heterocycles. The highest BCUT2D eigenvalue weighted by Crippen LogP contribution is 2.36. The van der Waals surface area contributed by atoms with Gasteiger partial charge in [-0.05, 0) is 53.6 Å².